The van der Waals surface area contributed by atoms with Gasteiger partial charge in [0.1, 0.15) is 6.04 Å². The van der Waals surface area contributed by atoms with E-state index in [-0.39, 0.29) is 17.9 Å². The highest BCUT2D eigenvalue weighted by atomic mass is 35.5. The Hall–Kier alpha value is -2.76. The van der Waals surface area contributed by atoms with Crippen LogP contribution in [0.5, 0.6) is 0 Å². The lowest BCUT2D eigenvalue weighted by molar-refractivity contribution is -0.141. The second kappa shape index (κ2) is 14.4. The molecule has 1 N–H and O–H groups in total. The highest BCUT2D eigenvalue weighted by Gasteiger charge is 2.31. The van der Waals surface area contributed by atoms with Crippen molar-refractivity contribution in [3.63, 3.8) is 0 Å². The molecule has 3 aromatic carbocycles. The zero-order valence-electron chi connectivity index (χ0n) is 22.1. The van der Waals surface area contributed by atoms with Crippen LogP contribution in [0.2, 0.25) is 5.02 Å². The molecular weight excluding hydrogens is 512 g/mol. The number of nitrogens with one attached hydrogen (secondary N) is 1. The number of halogens is 1. The van der Waals surface area contributed by atoms with Crippen molar-refractivity contribution in [2.24, 2.45) is 0 Å². The topological polar surface area (TPSA) is 49.4 Å². The summed E-state index contributed by atoms with van der Waals surface area (Å²) in [5.41, 5.74) is 3.26. The van der Waals surface area contributed by atoms with Gasteiger partial charge in [-0.1, -0.05) is 84.6 Å². The third kappa shape index (κ3) is 8.64. The van der Waals surface area contributed by atoms with Crippen molar-refractivity contribution in [2.75, 3.05) is 5.75 Å². The molecule has 0 heterocycles. The van der Waals surface area contributed by atoms with E-state index in [1.54, 1.807) is 11.8 Å². The molecule has 3 aromatic rings. The highest BCUT2D eigenvalue weighted by molar-refractivity contribution is 7.99. The molecule has 1 saturated carbocycles. The summed E-state index contributed by atoms with van der Waals surface area (Å²) in [4.78, 5) is 30.4. The van der Waals surface area contributed by atoms with E-state index in [9.17, 15) is 9.59 Å². The van der Waals surface area contributed by atoms with Gasteiger partial charge < -0.3 is 10.2 Å². The van der Waals surface area contributed by atoms with Crippen LogP contribution >= 0.6 is 23.4 Å². The van der Waals surface area contributed by atoms with Crippen molar-refractivity contribution in [2.45, 2.75) is 75.4 Å². The van der Waals surface area contributed by atoms with Crippen LogP contribution < -0.4 is 5.32 Å². The van der Waals surface area contributed by atoms with Crippen molar-refractivity contribution in [3.8, 4) is 0 Å². The standard InChI is InChI=1S/C32H37ClN2O2S/c1-24-13-15-26(16-14-24)23-35(31(36)12-7-21-38-29-19-17-27(33)18-20-29)30(22-25-8-3-2-4-9-25)32(37)34-28-10-5-6-11-28/h2-4,8-9,13-20,28,30H,5-7,10-12,21-23H2,1H3,(H,34,37). The molecule has 0 radical (unpaired) electrons. The molecule has 1 atom stereocenters. The van der Waals surface area contributed by atoms with Gasteiger partial charge in [-0.05, 0) is 67.3 Å². The lowest BCUT2D eigenvalue weighted by Gasteiger charge is -2.32. The largest absolute Gasteiger partial charge is 0.352 e. The number of hydrogen-bond donors (Lipinski definition) is 1. The molecule has 2 amide bonds. The van der Waals surface area contributed by atoms with Gasteiger partial charge >= 0.3 is 0 Å². The van der Waals surface area contributed by atoms with Crippen molar-refractivity contribution in [1.82, 2.24) is 10.2 Å². The summed E-state index contributed by atoms with van der Waals surface area (Å²) in [6.45, 7) is 2.47. The Morgan fingerprint density at radius 1 is 0.947 bits per heavy atom. The average molecular weight is 549 g/mol. The van der Waals surface area contributed by atoms with E-state index in [0.29, 0.717) is 19.4 Å². The minimum Gasteiger partial charge on any atom is -0.352 e. The van der Waals surface area contributed by atoms with Crippen LogP contribution in [0.1, 0.15) is 55.2 Å². The minimum atomic E-state index is -0.560. The van der Waals surface area contributed by atoms with E-state index in [1.165, 1.54) is 5.56 Å². The third-order valence-electron chi connectivity index (χ3n) is 7.06. The summed E-state index contributed by atoms with van der Waals surface area (Å²) < 4.78 is 0. The van der Waals surface area contributed by atoms with Crippen molar-refractivity contribution >= 4 is 35.2 Å². The molecule has 1 aliphatic carbocycles. The number of amides is 2. The number of carbonyl (C=O) groups is 2. The number of aryl methyl sites for hydroxylation is 1. The number of benzene rings is 3. The lowest BCUT2D eigenvalue weighted by atomic mass is 10.0. The second-order valence-corrected chi connectivity index (χ2v) is 11.7. The number of nitrogens with zero attached hydrogens (tertiary/aromatic N) is 1. The zero-order valence-corrected chi connectivity index (χ0v) is 23.6. The normalized spacial score (nSPS) is 14.3. The van der Waals surface area contributed by atoms with Gasteiger partial charge in [-0.2, -0.15) is 0 Å². The van der Waals surface area contributed by atoms with Crippen LogP contribution in [0, 0.1) is 6.92 Å². The van der Waals surface area contributed by atoms with Gasteiger partial charge in [0.15, 0.2) is 0 Å². The molecule has 0 aliphatic heterocycles. The summed E-state index contributed by atoms with van der Waals surface area (Å²) in [6.07, 6.45) is 5.94. The third-order valence-corrected chi connectivity index (χ3v) is 8.41. The van der Waals surface area contributed by atoms with Crippen LogP contribution in [0.25, 0.3) is 0 Å². The van der Waals surface area contributed by atoms with E-state index < -0.39 is 6.04 Å². The molecule has 1 aliphatic rings. The van der Waals surface area contributed by atoms with Gasteiger partial charge in [0.25, 0.3) is 0 Å². The molecule has 0 saturated heterocycles. The first-order valence-corrected chi connectivity index (χ1v) is 14.9. The first-order chi connectivity index (χ1) is 18.5. The second-order valence-electron chi connectivity index (χ2n) is 10.1. The van der Waals surface area contributed by atoms with Gasteiger partial charge in [0, 0.05) is 35.3 Å². The van der Waals surface area contributed by atoms with Crippen molar-refractivity contribution in [1.29, 1.82) is 0 Å². The Morgan fingerprint density at radius 2 is 1.63 bits per heavy atom. The number of thioether (sulfide) groups is 1. The molecule has 0 aromatic heterocycles. The van der Waals surface area contributed by atoms with Crippen LogP contribution in [-0.2, 0) is 22.6 Å². The monoisotopic (exact) mass is 548 g/mol. The molecule has 0 spiro atoms. The first-order valence-electron chi connectivity index (χ1n) is 13.6. The molecule has 200 valence electrons. The van der Waals surface area contributed by atoms with E-state index in [2.05, 4.69) is 36.5 Å². The van der Waals surface area contributed by atoms with Gasteiger partial charge in [-0.15, -0.1) is 11.8 Å². The van der Waals surface area contributed by atoms with Gasteiger partial charge in [0.2, 0.25) is 11.8 Å². The molecule has 0 bridgehead atoms. The molecule has 6 heteroatoms. The first kappa shape index (κ1) is 28.3. The summed E-state index contributed by atoms with van der Waals surface area (Å²) in [5.74, 6) is 0.796. The molecule has 1 unspecified atom stereocenters. The Kier molecular flexibility index (Phi) is 10.7. The number of hydrogen-bond acceptors (Lipinski definition) is 3. The lowest BCUT2D eigenvalue weighted by Crippen LogP contribution is -2.52. The fraction of sp³-hybridized carbons (Fsp3) is 0.375. The predicted molar refractivity (Wildman–Crippen MR) is 157 cm³/mol. The Balaban J connectivity index is 1.50. The van der Waals surface area contributed by atoms with Gasteiger partial charge in [-0.3, -0.25) is 9.59 Å². The van der Waals surface area contributed by atoms with Crippen LogP contribution in [0.15, 0.2) is 83.8 Å². The summed E-state index contributed by atoms with van der Waals surface area (Å²) >= 11 is 7.72. The maximum absolute atomic E-state index is 13.8. The Bertz CT molecular complexity index is 1160. The van der Waals surface area contributed by atoms with Crippen molar-refractivity contribution < 1.29 is 9.59 Å². The van der Waals surface area contributed by atoms with E-state index in [1.807, 2.05) is 59.5 Å². The Morgan fingerprint density at radius 3 is 2.32 bits per heavy atom. The van der Waals surface area contributed by atoms with E-state index in [0.717, 1.165) is 58.9 Å². The predicted octanol–water partition coefficient (Wildman–Crippen LogP) is 7.22. The van der Waals surface area contributed by atoms with Gasteiger partial charge in [0.05, 0.1) is 0 Å². The van der Waals surface area contributed by atoms with Crippen LogP contribution in [0.4, 0.5) is 0 Å². The van der Waals surface area contributed by atoms with Crippen LogP contribution in [0.3, 0.4) is 0 Å². The summed E-state index contributed by atoms with van der Waals surface area (Å²) in [5, 5.41) is 3.99. The minimum absolute atomic E-state index is 0.0183. The quantitative estimate of drug-likeness (QED) is 0.192. The molecule has 4 rings (SSSR count). The Labute approximate surface area is 236 Å². The number of rotatable bonds is 12. The molecular formula is C32H37ClN2O2S. The maximum Gasteiger partial charge on any atom is 0.243 e. The summed E-state index contributed by atoms with van der Waals surface area (Å²) in [6, 6.07) is 25.7. The van der Waals surface area contributed by atoms with E-state index in [4.69, 9.17) is 11.6 Å². The fourth-order valence-corrected chi connectivity index (χ4v) is 5.88. The van der Waals surface area contributed by atoms with Gasteiger partial charge in [-0.25, -0.2) is 0 Å². The SMILES string of the molecule is Cc1ccc(CN(C(=O)CCCSc2ccc(Cl)cc2)C(Cc2ccccc2)C(=O)NC2CCCC2)cc1. The number of carbonyl (C=O) groups excluding carboxylic acids is 2. The van der Waals surface area contributed by atoms with Crippen molar-refractivity contribution in [3.05, 3.63) is 101 Å². The molecule has 4 nitrogen and oxygen atoms in total. The zero-order chi connectivity index (χ0) is 26.7. The summed E-state index contributed by atoms with van der Waals surface area (Å²) in [7, 11) is 0. The maximum atomic E-state index is 13.8. The molecule has 1 fully saturated rings. The van der Waals surface area contributed by atoms with Crippen LogP contribution in [-0.4, -0.2) is 34.6 Å². The molecule has 38 heavy (non-hydrogen) atoms. The average Bonchev–Trinajstić information content (AvgIpc) is 3.44. The fourth-order valence-electron chi connectivity index (χ4n) is 4.90. The smallest absolute Gasteiger partial charge is 0.243 e. The van der Waals surface area contributed by atoms with E-state index >= 15 is 0 Å². The highest BCUT2D eigenvalue weighted by Crippen LogP contribution is 2.23.